The highest BCUT2D eigenvalue weighted by molar-refractivity contribution is 6.00. The number of carbonyl (C=O) groups is 2. The summed E-state index contributed by atoms with van der Waals surface area (Å²) in [6.45, 7) is 4.51. The van der Waals surface area contributed by atoms with Crippen LogP contribution in [0.5, 0.6) is 0 Å². The summed E-state index contributed by atoms with van der Waals surface area (Å²) in [4.78, 5) is 22.3. The normalized spacial score (nSPS) is 20.6. The molecule has 0 saturated carbocycles. The molecule has 1 aliphatic heterocycles. The maximum atomic E-state index is 11.4. The number of piperidine rings is 1. The van der Waals surface area contributed by atoms with E-state index < -0.39 is 0 Å². The minimum Gasteiger partial charge on any atom is -0.306 e. The Morgan fingerprint density at radius 1 is 1.38 bits per heavy atom. The largest absolute Gasteiger partial charge is 0.306 e. The van der Waals surface area contributed by atoms with Crippen LogP contribution in [0.1, 0.15) is 38.5 Å². The minimum absolute atomic E-state index is 0.158. The van der Waals surface area contributed by atoms with Gasteiger partial charge in [-0.3, -0.25) is 14.9 Å². The van der Waals surface area contributed by atoms with Crippen LogP contribution in [0.2, 0.25) is 0 Å². The lowest BCUT2D eigenvalue weighted by Crippen LogP contribution is -2.50. The van der Waals surface area contributed by atoms with Gasteiger partial charge in [0.05, 0.1) is 6.04 Å². The van der Waals surface area contributed by atoms with Gasteiger partial charge >= 0.3 is 0 Å². The fraction of sp³-hybridized carbons (Fsp3) is 0.667. The summed E-state index contributed by atoms with van der Waals surface area (Å²) >= 11 is 0. The Labute approximate surface area is 96.5 Å². The van der Waals surface area contributed by atoms with Crippen molar-refractivity contribution in [3.05, 3.63) is 12.7 Å². The molecule has 0 aromatic rings. The molecule has 4 nitrogen and oxygen atoms in total. The number of hydrogen-bond donors (Lipinski definition) is 2. The second kappa shape index (κ2) is 7.17. The van der Waals surface area contributed by atoms with Crippen molar-refractivity contribution in [2.24, 2.45) is 0 Å². The quantitative estimate of drug-likeness (QED) is 0.387. The lowest BCUT2D eigenvalue weighted by atomic mass is 10.1. The molecule has 0 aromatic carbocycles. The molecule has 16 heavy (non-hydrogen) atoms. The average molecular weight is 224 g/mol. The summed E-state index contributed by atoms with van der Waals surface area (Å²) in [5, 5.41) is 5.52. The van der Waals surface area contributed by atoms with E-state index in [4.69, 9.17) is 0 Å². The van der Waals surface area contributed by atoms with Crippen LogP contribution in [0.3, 0.4) is 0 Å². The van der Waals surface area contributed by atoms with Gasteiger partial charge in [0.2, 0.25) is 11.8 Å². The Morgan fingerprint density at radius 2 is 2.19 bits per heavy atom. The predicted octanol–water partition coefficient (Wildman–Crippen LogP) is 1.13. The van der Waals surface area contributed by atoms with E-state index in [9.17, 15) is 9.59 Å². The Kier molecular flexibility index (Phi) is 5.78. The molecule has 1 atom stereocenters. The van der Waals surface area contributed by atoms with Gasteiger partial charge in [0.15, 0.2) is 0 Å². The van der Waals surface area contributed by atoms with Crippen LogP contribution in [0.15, 0.2) is 12.7 Å². The molecule has 0 radical (unpaired) electrons. The zero-order valence-corrected chi connectivity index (χ0v) is 9.63. The van der Waals surface area contributed by atoms with Crippen LogP contribution in [-0.2, 0) is 9.59 Å². The van der Waals surface area contributed by atoms with E-state index >= 15 is 0 Å². The van der Waals surface area contributed by atoms with E-state index in [1.165, 1.54) is 0 Å². The summed E-state index contributed by atoms with van der Waals surface area (Å²) in [5.74, 6) is -0.337. The molecule has 1 heterocycles. The number of rotatable bonds is 7. The second-order valence-electron chi connectivity index (χ2n) is 4.10. The molecule has 0 aliphatic carbocycles. The van der Waals surface area contributed by atoms with Crippen molar-refractivity contribution in [1.82, 2.24) is 10.6 Å². The Morgan fingerprint density at radius 3 is 2.88 bits per heavy atom. The molecule has 0 spiro atoms. The Hall–Kier alpha value is -1.16. The van der Waals surface area contributed by atoms with Crippen molar-refractivity contribution >= 4 is 11.8 Å². The Balaban J connectivity index is 2.06. The number of allylic oxidation sites excluding steroid dienone is 1. The van der Waals surface area contributed by atoms with E-state index in [0.29, 0.717) is 12.8 Å². The Bertz CT molecular complexity index is 264. The maximum absolute atomic E-state index is 11.4. The fourth-order valence-electron chi connectivity index (χ4n) is 1.76. The summed E-state index contributed by atoms with van der Waals surface area (Å²) < 4.78 is 0. The van der Waals surface area contributed by atoms with Gasteiger partial charge in [-0.25, -0.2) is 0 Å². The molecule has 0 bridgehead atoms. The van der Waals surface area contributed by atoms with Crippen molar-refractivity contribution in [1.29, 1.82) is 0 Å². The third-order valence-electron chi connectivity index (χ3n) is 2.71. The lowest BCUT2D eigenvalue weighted by molar-refractivity contribution is -0.134. The van der Waals surface area contributed by atoms with Gasteiger partial charge in [-0.15, -0.1) is 6.58 Å². The fourth-order valence-corrected chi connectivity index (χ4v) is 1.76. The van der Waals surface area contributed by atoms with Crippen molar-refractivity contribution in [2.45, 2.75) is 44.6 Å². The highest BCUT2D eigenvalue weighted by atomic mass is 16.2. The van der Waals surface area contributed by atoms with Gasteiger partial charge < -0.3 is 5.32 Å². The van der Waals surface area contributed by atoms with E-state index in [-0.39, 0.29) is 17.9 Å². The summed E-state index contributed by atoms with van der Waals surface area (Å²) in [6.07, 6.45) is 7.40. The van der Waals surface area contributed by atoms with Crippen LogP contribution in [0, 0.1) is 0 Å². The van der Waals surface area contributed by atoms with Gasteiger partial charge in [0.1, 0.15) is 0 Å². The third-order valence-corrected chi connectivity index (χ3v) is 2.71. The summed E-state index contributed by atoms with van der Waals surface area (Å²) in [6, 6.07) is -0.183. The van der Waals surface area contributed by atoms with Crippen molar-refractivity contribution in [3.8, 4) is 0 Å². The van der Waals surface area contributed by atoms with Crippen molar-refractivity contribution < 1.29 is 9.59 Å². The highest BCUT2D eigenvalue weighted by Crippen LogP contribution is 2.05. The predicted molar refractivity (Wildman–Crippen MR) is 62.8 cm³/mol. The number of nitrogens with one attached hydrogen (secondary N) is 2. The van der Waals surface area contributed by atoms with E-state index in [0.717, 1.165) is 32.2 Å². The topological polar surface area (TPSA) is 58.2 Å². The monoisotopic (exact) mass is 224 g/mol. The maximum Gasteiger partial charge on any atom is 0.243 e. The smallest absolute Gasteiger partial charge is 0.243 e. The van der Waals surface area contributed by atoms with Gasteiger partial charge in [0.25, 0.3) is 0 Å². The number of carbonyl (C=O) groups excluding carboxylic acids is 2. The SMILES string of the molecule is C=CCCCCCNC1CCC(=O)NC1=O. The zero-order chi connectivity index (χ0) is 11.8. The summed E-state index contributed by atoms with van der Waals surface area (Å²) in [7, 11) is 0. The first-order valence-electron chi connectivity index (χ1n) is 5.92. The standard InChI is InChI=1S/C12H20N2O2/c1-2-3-4-5-6-9-13-10-7-8-11(15)14-12(10)16/h2,10,13H,1,3-9H2,(H,14,15,16). The van der Waals surface area contributed by atoms with Gasteiger partial charge in [-0.2, -0.15) is 0 Å². The van der Waals surface area contributed by atoms with Gasteiger partial charge in [0, 0.05) is 6.42 Å². The van der Waals surface area contributed by atoms with Crippen molar-refractivity contribution in [2.75, 3.05) is 6.54 Å². The molecule has 0 aromatic heterocycles. The van der Waals surface area contributed by atoms with E-state index in [1.807, 2.05) is 6.08 Å². The first kappa shape index (κ1) is 12.9. The van der Waals surface area contributed by atoms with Gasteiger partial charge in [-0.1, -0.05) is 12.5 Å². The number of imide groups is 1. The molecule has 90 valence electrons. The van der Waals surface area contributed by atoms with Crippen LogP contribution in [0.4, 0.5) is 0 Å². The molecule has 1 fully saturated rings. The average Bonchev–Trinajstić information content (AvgIpc) is 2.26. The summed E-state index contributed by atoms with van der Waals surface area (Å²) in [5.41, 5.74) is 0. The molecular weight excluding hydrogens is 204 g/mol. The molecular formula is C12H20N2O2. The highest BCUT2D eigenvalue weighted by Gasteiger charge is 2.25. The van der Waals surface area contributed by atoms with Crippen LogP contribution < -0.4 is 10.6 Å². The number of unbranched alkanes of at least 4 members (excludes halogenated alkanes) is 3. The number of amides is 2. The molecule has 2 N–H and O–H groups in total. The zero-order valence-electron chi connectivity index (χ0n) is 9.63. The van der Waals surface area contributed by atoms with E-state index in [1.54, 1.807) is 0 Å². The first-order valence-corrected chi connectivity index (χ1v) is 5.92. The first-order chi connectivity index (χ1) is 7.74. The minimum atomic E-state index is -0.183. The molecule has 1 rings (SSSR count). The molecule has 1 saturated heterocycles. The molecule has 2 amide bonds. The number of hydrogen-bond acceptors (Lipinski definition) is 3. The molecule has 4 heteroatoms. The lowest BCUT2D eigenvalue weighted by Gasteiger charge is -2.21. The van der Waals surface area contributed by atoms with Crippen LogP contribution in [-0.4, -0.2) is 24.4 Å². The second-order valence-corrected chi connectivity index (χ2v) is 4.10. The molecule has 1 aliphatic rings. The van der Waals surface area contributed by atoms with E-state index in [2.05, 4.69) is 17.2 Å². The molecule has 1 unspecified atom stereocenters. The van der Waals surface area contributed by atoms with Crippen molar-refractivity contribution in [3.63, 3.8) is 0 Å². The van der Waals surface area contributed by atoms with Gasteiger partial charge in [-0.05, 0) is 32.2 Å². The van der Waals surface area contributed by atoms with Crippen LogP contribution in [0.25, 0.3) is 0 Å². The van der Waals surface area contributed by atoms with Crippen LogP contribution >= 0.6 is 0 Å². The third kappa shape index (κ3) is 4.57.